The zero-order valence-corrected chi connectivity index (χ0v) is 21.0. The molecule has 0 radical (unpaired) electrons. The average Bonchev–Trinajstić information content (AvgIpc) is 3.53. The van der Waals surface area contributed by atoms with Crippen LogP contribution in [-0.4, -0.2) is 59.4 Å². The van der Waals surface area contributed by atoms with Crippen LogP contribution in [0.5, 0.6) is 0 Å². The zero-order chi connectivity index (χ0) is 24.9. The van der Waals surface area contributed by atoms with E-state index >= 15 is 0 Å². The second-order valence-corrected chi connectivity index (χ2v) is 10.4. The number of carbonyl (C=O) groups is 1. The van der Waals surface area contributed by atoms with Crippen LogP contribution in [0.2, 0.25) is 0 Å². The second kappa shape index (κ2) is 11.2. The highest BCUT2D eigenvalue weighted by Crippen LogP contribution is 2.33. The van der Waals surface area contributed by atoms with Gasteiger partial charge < -0.3 is 10.2 Å². The molecule has 3 aromatic rings. The monoisotopic (exact) mass is 505 g/mol. The van der Waals surface area contributed by atoms with E-state index in [1.54, 1.807) is 29.7 Å². The van der Waals surface area contributed by atoms with Crippen molar-refractivity contribution in [2.75, 3.05) is 44.2 Å². The lowest BCUT2D eigenvalue weighted by Gasteiger charge is -2.37. The van der Waals surface area contributed by atoms with Crippen LogP contribution in [0.4, 0.5) is 11.5 Å². The number of para-hydroxylation sites is 1. The summed E-state index contributed by atoms with van der Waals surface area (Å²) in [6.07, 6.45) is 6.44. The molecule has 188 valence electrons. The quantitative estimate of drug-likeness (QED) is 0.274. The van der Waals surface area contributed by atoms with Crippen molar-refractivity contribution in [3.63, 3.8) is 0 Å². The molecular formula is C27H31N5O3S. The summed E-state index contributed by atoms with van der Waals surface area (Å²) in [5.41, 5.74) is 0.432. The molecule has 1 aliphatic carbocycles. The summed E-state index contributed by atoms with van der Waals surface area (Å²) in [5.74, 6) is 1.96. The first kappa shape index (κ1) is 24.4. The minimum Gasteiger partial charge on any atom is -0.353 e. The van der Waals surface area contributed by atoms with Gasteiger partial charge in [-0.05, 0) is 60.5 Å². The van der Waals surface area contributed by atoms with Crippen molar-refractivity contribution in [2.24, 2.45) is 11.8 Å². The highest BCUT2D eigenvalue weighted by atomic mass is 32.1. The summed E-state index contributed by atoms with van der Waals surface area (Å²) in [5, 5.41) is 15.4. The van der Waals surface area contributed by atoms with Crippen molar-refractivity contribution >= 4 is 45.1 Å². The van der Waals surface area contributed by atoms with Crippen molar-refractivity contribution in [3.05, 3.63) is 70.3 Å². The molecule has 9 heteroatoms. The van der Waals surface area contributed by atoms with Gasteiger partial charge in [-0.3, -0.25) is 19.8 Å². The number of benzene rings is 2. The van der Waals surface area contributed by atoms with Gasteiger partial charge in [-0.2, -0.15) is 4.37 Å². The number of nitrogens with zero attached hydrogens (tertiary/aromatic N) is 4. The number of rotatable bonds is 8. The summed E-state index contributed by atoms with van der Waals surface area (Å²) in [6.45, 7) is 5.74. The molecule has 1 saturated heterocycles. The van der Waals surface area contributed by atoms with E-state index < -0.39 is 4.92 Å². The Morgan fingerprint density at radius 3 is 2.67 bits per heavy atom. The maximum Gasteiger partial charge on any atom is 0.276 e. The van der Waals surface area contributed by atoms with Gasteiger partial charge in [0.2, 0.25) is 5.91 Å². The van der Waals surface area contributed by atoms with E-state index in [4.69, 9.17) is 4.37 Å². The first-order valence-electron chi connectivity index (χ1n) is 12.6. The summed E-state index contributed by atoms with van der Waals surface area (Å²) in [6, 6.07) is 14.9. The number of fused-ring (bicyclic) bond motifs is 1. The Hall–Kier alpha value is -3.30. The van der Waals surface area contributed by atoms with Crippen LogP contribution in [0.15, 0.2) is 54.6 Å². The van der Waals surface area contributed by atoms with E-state index in [9.17, 15) is 14.9 Å². The van der Waals surface area contributed by atoms with Crippen LogP contribution in [0.3, 0.4) is 0 Å². The highest BCUT2D eigenvalue weighted by Gasteiger charge is 2.30. The van der Waals surface area contributed by atoms with E-state index in [0.29, 0.717) is 23.9 Å². The molecule has 36 heavy (non-hydrogen) atoms. The van der Waals surface area contributed by atoms with Crippen LogP contribution in [0, 0.1) is 22.0 Å². The number of carbonyl (C=O) groups excluding carboxylic acids is 1. The Morgan fingerprint density at radius 2 is 1.83 bits per heavy atom. The van der Waals surface area contributed by atoms with Crippen molar-refractivity contribution in [3.8, 4) is 0 Å². The van der Waals surface area contributed by atoms with Gasteiger partial charge in [-0.25, -0.2) is 0 Å². The maximum atomic E-state index is 12.4. The maximum absolute atomic E-state index is 12.4. The van der Waals surface area contributed by atoms with Crippen LogP contribution in [0.25, 0.3) is 16.2 Å². The van der Waals surface area contributed by atoms with E-state index in [1.165, 1.54) is 41.1 Å². The molecule has 1 saturated carbocycles. The van der Waals surface area contributed by atoms with Gasteiger partial charge in [0.15, 0.2) is 0 Å². The SMILES string of the molecule is O=C(/C=C/c1ccccc1[N+](=O)[O-])NC[C@H]1CCC[C@@H]1CN1CCN(c2nsc3ccccc23)CC1. The number of piperazine rings is 1. The lowest BCUT2D eigenvalue weighted by atomic mass is 9.95. The average molecular weight is 506 g/mol. The predicted molar refractivity (Wildman–Crippen MR) is 144 cm³/mol. The number of aromatic nitrogens is 1. The Labute approximate surface area is 214 Å². The number of anilines is 1. The first-order chi connectivity index (χ1) is 17.6. The largest absolute Gasteiger partial charge is 0.353 e. The molecule has 8 nitrogen and oxygen atoms in total. The number of nitrogens with one attached hydrogen (secondary N) is 1. The summed E-state index contributed by atoms with van der Waals surface area (Å²) in [7, 11) is 0. The van der Waals surface area contributed by atoms with E-state index in [-0.39, 0.29) is 11.6 Å². The normalized spacial score (nSPS) is 20.8. The van der Waals surface area contributed by atoms with Crippen molar-refractivity contribution < 1.29 is 9.72 Å². The Balaban J connectivity index is 1.10. The molecule has 0 spiro atoms. The lowest BCUT2D eigenvalue weighted by molar-refractivity contribution is -0.385. The number of hydrogen-bond acceptors (Lipinski definition) is 7. The molecule has 2 atom stereocenters. The molecule has 1 amide bonds. The molecule has 5 rings (SSSR count). The minimum atomic E-state index is -0.431. The fourth-order valence-corrected chi connectivity index (χ4v) is 6.24. The molecule has 1 aromatic heterocycles. The van der Waals surface area contributed by atoms with Gasteiger partial charge in [-0.1, -0.05) is 30.7 Å². The fourth-order valence-electron chi connectivity index (χ4n) is 5.45. The predicted octanol–water partition coefficient (Wildman–Crippen LogP) is 4.57. The van der Waals surface area contributed by atoms with Gasteiger partial charge in [0, 0.05) is 56.8 Å². The van der Waals surface area contributed by atoms with Gasteiger partial charge in [-0.15, -0.1) is 0 Å². The van der Waals surface area contributed by atoms with E-state index in [2.05, 4.69) is 39.4 Å². The topological polar surface area (TPSA) is 91.6 Å². The number of amides is 1. The fraction of sp³-hybridized carbons (Fsp3) is 0.407. The Bertz CT molecular complexity index is 1250. The Morgan fingerprint density at radius 1 is 1.08 bits per heavy atom. The van der Waals surface area contributed by atoms with Crippen molar-refractivity contribution in [2.45, 2.75) is 19.3 Å². The molecule has 2 aliphatic rings. The minimum absolute atomic E-state index is 0.000436. The Kier molecular flexibility index (Phi) is 7.58. The smallest absolute Gasteiger partial charge is 0.276 e. The molecule has 2 fully saturated rings. The molecule has 1 aliphatic heterocycles. The third-order valence-corrected chi connectivity index (χ3v) is 8.24. The third kappa shape index (κ3) is 5.57. The molecular weight excluding hydrogens is 474 g/mol. The molecule has 1 N–H and O–H groups in total. The third-order valence-electron chi connectivity index (χ3n) is 7.43. The standard InChI is InChI=1S/C27H31N5O3S/c33-26(13-12-20-6-1-3-10-24(20)32(34)35)28-18-21-7-5-8-22(21)19-30-14-16-31(17-15-30)27-23-9-2-4-11-25(23)36-29-27/h1-4,6,9-13,21-22H,5,7-8,14-19H2,(H,28,33)/b13-12+/t21-,22-/m1/s1. The van der Waals surface area contributed by atoms with Crippen molar-refractivity contribution in [1.29, 1.82) is 0 Å². The highest BCUT2D eigenvalue weighted by molar-refractivity contribution is 7.13. The summed E-state index contributed by atoms with van der Waals surface area (Å²) >= 11 is 1.57. The van der Waals surface area contributed by atoms with Gasteiger partial charge >= 0.3 is 0 Å². The molecule has 2 heterocycles. The molecule has 2 aromatic carbocycles. The lowest BCUT2D eigenvalue weighted by Crippen LogP contribution is -2.48. The first-order valence-corrected chi connectivity index (χ1v) is 13.4. The number of hydrogen-bond donors (Lipinski definition) is 1. The molecule has 0 bridgehead atoms. The van der Waals surface area contributed by atoms with Crippen LogP contribution >= 0.6 is 11.5 Å². The summed E-state index contributed by atoms with van der Waals surface area (Å²) in [4.78, 5) is 28.1. The zero-order valence-electron chi connectivity index (χ0n) is 20.2. The second-order valence-electron chi connectivity index (χ2n) is 9.64. The number of nitro benzene ring substituents is 1. The van der Waals surface area contributed by atoms with Crippen LogP contribution in [0.1, 0.15) is 24.8 Å². The molecule has 0 unspecified atom stereocenters. The van der Waals surface area contributed by atoms with E-state index in [1.807, 2.05) is 0 Å². The van der Waals surface area contributed by atoms with Crippen LogP contribution in [-0.2, 0) is 4.79 Å². The van der Waals surface area contributed by atoms with Gasteiger partial charge in [0.1, 0.15) is 5.82 Å². The van der Waals surface area contributed by atoms with Gasteiger partial charge in [0.25, 0.3) is 5.69 Å². The van der Waals surface area contributed by atoms with Crippen molar-refractivity contribution in [1.82, 2.24) is 14.6 Å². The van der Waals surface area contributed by atoms with E-state index in [0.717, 1.165) is 45.0 Å². The summed E-state index contributed by atoms with van der Waals surface area (Å²) < 4.78 is 5.96. The van der Waals surface area contributed by atoms with Crippen LogP contribution < -0.4 is 10.2 Å². The number of nitro groups is 1. The van der Waals surface area contributed by atoms with Gasteiger partial charge in [0.05, 0.1) is 15.2 Å².